The minimum absolute atomic E-state index is 0.470. The standard InChI is InChI=1S/C12H7BrN2O/c13-12-14-7-11(16-12)10-6-5-8-3-1-2-4-9(8)15-10/h1-7H. The van der Waals surface area contributed by atoms with Crippen molar-refractivity contribution in [2.24, 2.45) is 0 Å². The molecule has 0 aliphatic carbocycles. The predicted octanol–water partition coefficient (Wildman–Crippen LogP) is 3.65. The van der Waals surface area contributed by atoms with Gasteiger partial charge in [-0.3, -0.25) is 0 Å². The average Bonchev–Trinajstić information content (AvgIpc) is 2.75. The Hall–Kier alpha value is -1.68. The number of para-hydroxylation sites is 1. The van der Waals surface area contributed by atoms with Crippen molar-refractivity contribution in [3.63, 3.8) is 0 Å². The Morgan fingerprint density at radius 2 is 1.94 bits per heavy atom. The largest absolute Gasteiger partial charge is 0.429 e. The van der Waals surface area contributed by atoms with Crippen molar-refractivity contribution >= 4 is 26.8 Å². The molecule has 0 fully saturated rings. The maximum atomic E-state index is 5.36. The van der Waals surface area contributed by atoms with E-state index in [9.17, 15) is 0 Å². The van der Waals surface area contributed by atoms with E-state index in [0.29, 0.717) is 10.6 Å². The van der Waals surface area contributed by atoms with Crippen LogP contribution in [0.5, 0.6) is 0 Å². The molecule has 0 radical (unpaired) electrons. The average molecular weight is 275 g/mol. The predicted molar refractivity (Wildman–Crippen MR) is 64.9 cm³/mol. The molecule has 0 saturated heterocycles. The van der Waals surface area contributed by atoms with Crippen LogP contribution in [-0.4, -0.2) is 9.97 Å². The van der Waals surface area contributed by atoms with Gasteiger partial charge in [0.2, 0.25) is 0 Å². The number of aromatic nitrogens is 2. The molecule has 0 unspecified atom stereocenters. The van der Waals surface area contributed by atoms with Crippen molar-refractivity contribution < 1.29 is 4.42 Å². The van der Waals surface area contributed by atoms with Gasteiger partial charge in [0.25, 0.3) is 4.80 Å². The highest BCUT2D eigenvalue weighted by Crippen LogP contribution is 2.23. The maximum absolute atomic E-state index is 5.36. The summed E-state index contributed by atoms with van der Waals surface area (Å²) in [6.07, 6.45) is 1.65. The third-order valence-electron chi connectivity index (χ3n) is 2.33. The summed E-state index contributed by atoms with van der Waals surface area (Å²) in [4.78, 5) is 8.96. The van der Waals surface area contributed by atoms with Crippen LogP contribution in [0.25, 0.3) is 22.4 Å². The molecule has 0 saturated carbocycles. The third-order valence-corrected chi connectivity index (χ3v) is 2.69. The van der Waals surface area contributed by atoms with Gasteiger partial charge in [0.15, 0.2) is 5.76 Å². The molecule has 1 aromatic carbocycles. The summed E-state index contributed by atoms with van der Waals surface area (Å²) in [5, 5.41) is 1.12. The number of hydrogen-bond donors (Lipinski definition) is 0. The summed E-state index contributed by atoms with van der Waals surface area (Å²) >= 11 is 3.17. The van der Waals surface area contributed by atoms with Gasteiger partial charge in [-0.2, -0.15) is 0 Å². The number of hydrogen-bond acceptors (Lipinski definition) is 3. The van der Waals surface area contributed by atoms with Gasteiger partial charge >= 0.3 is 0 Å². The molecule has 0 amide bonds. The molecule has 3 aromatic rings. The first-order valence-electron chi connectivity index (χ1n) is 4.80. The van der Waals surface area contributed by atoms with Crippen LogP contribution in [0.3, 0.4) is 0 Å². The van der Waals surface area contributed by atoms with Crippen LogP contribution in [0.4, 0.5) is 0 Å². The summed E-state index contributed by atoms with van der Waals surface area (Å²) in [6.45, 7) is 0. The Balaban J connectivity index is 2.18. The summed E-state index contributed by atoms with van der Waals surface area (Å²) in [5.74, 6) is 0.664. The van der Waals surface area contributed by atoms with E-state index in [2.05, 4.69) is 25.9 Å². The monoisotopic (exact) mass is 274 g/mol. The fraction of sp³-hybridized carbons (Fsp3) is 0. The lowest BCUT2D eigenvalue weighted by atomic mass is 10.2. The van der Waals surface area contributed by atoms with Gasteiger partial charge in [0.1, 0.15) is 5.69 Å². The second-order valence-electron chi connectivity index (χ2n) is 3.37. The van der Waals surface area contributed by atoms with Crippen LogP contribution in [-0.2, 0) is 0 Å². The lowest BCUT2D eigenvalue weighted by Gasteiger charge is -1.98. The molecular weight excluding hydrogens is 268 g/mol. The van der Waals surface area contributed by atoms with Gasteiger partial charge in [-0.05, 0) is 12.1 Å². The first-order valence-corrected chi connectivity index (χ1v) is 5.60. The van der Waals surface area contributed by atoms with Crippen LogP contribution in [0.15, 0.2) is 51.8 Å². The van der Waals surface area contributed by atoms with Crippen molar-refractivity contribution in [2.45, 2.75) is 0 Å². The van der Waals surface area contributed by atoms with Crippen LogP contribution < -0.4 is 0 Å². The van der Waals surface area contributed by atoms with Crippen LogP contribution in [0.1, 0.15) is 0 Å². The van der Waals surface area contributed by atoms with E-state index in [1.165, 1.54) is 0 Å². The second kappa shape index (κ2) is 3.72. The molecular formula is C12H7BrN2O. The van der Waals surface area contributed by atoms with Gasteiger partial charge in [0.05, 0.1) is 11.7 Å². The van der Waals surface area contributed by atoms with Crippen LogP contribution in [0.2, 0.25) is 0 Å². The zero-order valence-electron chi connectivity index (χ0n) is 8.22. The number of rotatable bonds is 1. The molecule has 2 heterocycles. The molecule has 0 bridgehead atoms. The molecule has 0 N–H and O–H groups in total. The third kappa shape index (κ3) is 1.61. The number of benzene rings is 1. The van der Waals surface area contributed by atoms with Gasteiger partial charge in [-0.25, -0.2) is 9.97 Å². The summed E-state index contributed by atoms with van der Waals surface area (Å²) < 4.78 is 5.36. The molecule has 0 spiro atoms. The Labute approximate surface area is 100 Å². The van der Waals surface area contributed by atoms with Gasteiger partial charge in [0, 0.05) is 21.3 Å². The summed E-state index contributed by atoms with van der Waals surface area (Å²) in [7, 11) is 0. The minimum atomic E-state index is 0.470. The molecule has 0 atom stereocenters. The van der Waals surface area contributed by atoms with Crippen LogP contribution in [0, 0.1) is 0 Å². The van der Waals surface area contributed by atoms with Gasteiger partial charge in [-0.15, -0.1) is 0 Å². The fourth-order valence-corrected chi connectivity index (χ4v) is 1.85. The first-order chi connectivity index (χ1) is 7.83. The molecule has 4 heteroatoms. The first kappa shape index (κ1) is 9.54. The normalized spacial score (nSPS) is 10.8. The van der Waals surface area contributed by atoms with Crippen molar-refractivity contribution in [1.29, 1.82) is 0 Å². The number of nitrogens with zero attached hydrogens (tertiary/aromatic N) is 2. The Bertz CT molecular complexity index is 648. The lowest BCUT2D eigenvalue weighted by Crippen LogP contribution is -1.82. The van der Waals surface area contributed by atoms with Crippen LogP contribution >= 0.6 is 15.9 Å². The molecule has 3 nitrogen and oxygen atoms in total. The van der Waals surface area contributed by atoms with E-state index in [1.54, 1.807) is 6.20 Å². The summed E-state index contributed by atoms with van der Waals surface area (Å²) in [5.41, 5.74) is 1.74. The second-order valence-corrected chi connectivity index (χ2v) is 4.05. The van der Waals surface area contributed by atoms with Crippen molar-refractivity contribution in [3.8, 4) is 11.5 Å². The topological polar surface area (TPSA) is 38.9 Å². The molecule has 0 aliphatic rings. The lowest BCUT2D eigenvalue weighted by molar-refractivity contribution is 0.540. The zero-order valence-corrected chi connectivity index (χ0v) is 9.81. The zero-order chi connectivity index (χ0) is 11.0. The number of oxazole rings is 1. The van der Waals surface area contributed by atoms with Crippen molar-refractivity contribution in [2.75, 3.05) is 0 Å². The molecule has 3 rings (SSSR count). The van der Waals surface area contributed by atoms with E-state index in [0.717, 1.165) is 16.6 Å². The highest BCUT2D eigenvalue weighted by atomic mass is 79.9. The molecule has 78 valence electrons. The quantitative estimate of drug-likeness (QED) is 0.680. The number of pyridine rings is 1. The molecule has 16 heavy (non-hydrogen) atoms. The van der Waals surface area contributed by atoms with E-state index >= 15 is 0 Å². The fourth-order valence-electron chi connectivity index (χ4n) is 1.57. The van der Waals surface area contributed by atoms with E-state index in [-0.39, 0.29) is 0 Å². The van der Waals surface area contributed by atoms with Gasteiger partial charge < -0.3 is 4.42 Å². The van der Waals surface area contributed by atoms with Gasteiger partial charge in [-0.1, -0.05) is 24.3 Å². The molecule has 2 aromatic heterocycles. The highest BCUT2D eigenvalue weighted by Gasteiger charge is 2.06. The Kier molecular flexibility index (Phi) is 2.22. The number of fused-ring (bicyclic) bond motifs is 1. The van der Waals surface area contributed by atoms with Crippen molar-refractivity contribution in [3.05, 3.63) is 47.4 Å². The van der Waals surface area contributed by atoms with Crippen molar-refractivity contribution in [1.82, 2.24) is 9.97 Å². The maximum Gasteiger partial charge on any atom is 0.264 e. The van der Waals surface area contributed by atoms with E-state index in [4.69, 9.17) is 4.42 Å². The van der Waals surface area contributed by atoms with E-state index in [1.807, 2.05) is 36.4 Å². The summed E-state index contributed by atoms with van der Waals surface area (Å²) in [6, 6.07) is 11.9. The smallest absolute Gasteiger partial charge is 0.264 e. The molecule has 0 aliphatic heterocycles. The minimum Gasteiger partial charge on any atom is -0.429 e. The Morgan fingerprint density at radius 1 is 1.06 bits per heavy atom. The Morgan fingerprint density at radius 3 is 2.75 bits per heavy atom. The highest BCUT2D eigenvalue weighted by molar-refractivity contribution is 9.10. The number of halogens is 1. The SMILES string of the molecule is Brc1ncc(-c2ccc3ccccc3n2)o1. The van der Waals surface area contributed by atoms with E-state index < -0.39 is 0 Å².